The minimum absolute atomic E-state index is 0.356. The number of nitrogens with zero attached hydrogens (tertiary/aromatic N) is 1. The second-order valence-corrected chi connectivity index (χ2v) is 6.97. The van der Waals surface area contributed by atoms with Crippen LogP contribution < -0.4 is 5.73 Å². The molecule has 0 aromatic rings. The predicted octanol–water partition coefficient (Wildman–Crippen LogP) is 2.54. The quantitative estimate of drug-likeness (QED) is 0.851. The highest BCUT2D eigenvalue weighted by Gasteiger charge is 2.45. The van der Waals surface area contributed by atoms with Crippen LogP contribution in [-0.4, -0.2) is 29.4 Å². The Labute approximate surface area is 116 Å². The first-order valence-electron chi connectivity index (χ1n) is 8.25. The lowest BCUT2D eigenvalue weighted by Crippen LogP contribution is -2.47. The summed E-state index contributed by atoms with van der Waals surface area (Å²) in [5, 5.41) is 0. The average Bonchev–Trinajstić information content (AvgIpc) is 3.04. The monoisotopic (exact) mass is 264 g/mol. The van der Waals surface area contributed by atoms with Gasteiger partial charge in [0.05, 0.1) is 0 Å². The largest absolute Gasteiger partial charge is 0.340 e. The van der Waals surface area contributed by atoms with Gasteiger partial charge in [-0.15, -0.1) is 0 Å². The fraction of sp³-hybridized carbons (Fsp3) is 0.938. The molecule has 3 heteroatoms. The van der Waals surface area contributed by atoms with Crippen LogP contribution in [-0.2, 0) is 4.79 Å². The van der Waals surface area contributed by atoms with Crippen LogP contribution in [0.5, 0.6) is 0 Å². The fourth-order valence-electron chi connectivity index (χ4n) is 4.77. The molecule has 108 valence electrons. The summed E-state index contributed by atoms with van der Waals surface area (Å²) in [6.45, 7) is 3.02. The van der Waals surface area contributed by atoms with E-state index in [1.54, 1.807) is 0 Å². The zero-order valence-electron chi connectivity index (χ0n) is 12.2. The van der Waals surface area contributed by atoms with Gasteiger partial charge in [-0.25, -0.2) is 0 Å². The van der Waals surface area contributed by atoms with Gasteiger partial charge in [0.2, 0.25) is 5.91 Å². The molecule has 3 saturated carbocycles. The molecule has 0 spiro atoms. The molecule has 3 unspecified atom stereocenters. The van der Waals surface area contributed by atoms with Crippen molar-refractivity contribution in [2.24, 2.45) is 23.5 Å². The maximum absolute atomic E-state index is 12.8. The van der Waals surface area contributed by atoms with Crippen molar-refractivity contribution in [2.75, 3.05) is 6.54 Å². The fourth-order valence-corrected chi connectivity index (χ4v) is 4.77. The molecule has 0 saturated heterocycles. The van der Waals surface area contributed by atoms with Gasteiger partial charge in [0.1, 0.15) is 0 Å². The van der Waals surface area contributed by atoms with Gasteiger partial charge in [-0.1, -0.05) is 6.42 Å². The molecule has 3 atom stereocenters. The number of hydrogen-bond donors (Lipinski definition) is 1. The summed E-state index contributed by atoms with van der Waals surface area (Å²) in [6, 6.07) is 0.837. The Morgan fingerprint density at radius 3 is 2.37 bits per heavy atom. The summed E-state index contributed by atoms with van der Waals surface area (Å²) in [5.41, 5.74) is 5.98. The van der Waals surface area contributed by atoms with E-state index in [0.29, 0.717) is 29.8 Å². The number of rotatable bonds is 3. The van der Waals surface area contributed by atoms with Crippen molar-refractivity contribution in [3.8, 4) is 0 Å². The van der Waals surface area contributed by atoms with E-state index in [1.807, 2.05) is 0 Å². The standard InChI is InChI=1S/C16H28N2O/c1-2-18(14-7-5-13(17)6-8-14)16(19)15-10-11-3-4-12(15)9-11/h11-15H,2-10,17H2,1H3. The van der Waals surface area contributed by atoms with Crippen LogP contribution in [0.2, 0.25) is 0 Å². The summed E-state index contributed by atoms with van der Waals surface area (Å²) in [5.74, 6) is 2.39. The minimum atomic E-state index is 0.356. The van der Waals surface area contributed by atoms with E-state index in [2.05, 4.69) is 11.8 Å². The van der Waals surface area contributed by atoms with Gasteiger partial charge in [-0.3, -0.25) is 4.79 Å². The van der Waals surface area contributed by atoms with Crippen molar-refractivity contribution < 1.29 is 4.79 Å². The Bertz CT molecular complexity index is 336. The van der Waals surface area contributed by atoms with Gasteiger partial charge < -0.3 is 10.6 Å². The molecular formula is C16H28N2O. The molecule has 2 bridgehead atoms. The molecule has 0 heterocycles. The van der Waals surface area contributed by atoms with Crippen LogP contribution in [0.15, 0.2) is 0 Å². The second kappa shape index (κ2) is 5.43. The zero-order chi connectivity index (χ0) is 13.4. The molecule has 3 nitrogen and oxygen atoms in total. The lowest BCUT2D eigenvalue weighted by atomic mass is 9.85. The Morgan fingerprint density at radius 1 is 1.11 bits per heavy atom. The molecule has 0 aromatic heterocycles. The third-order valence-electron chi connectivity index (χ3n) is 5.86. The third kappa shape index (κ3) is 2.54. The average molecular weight is 264 g/mol. The van der Waals surface area contributed by atoms with Crippen LogP contribution >= 0.6 is 0 Å². The lowest BCUT2D eigenvalue weighted by Gasteiger charge is -2.38. The lowest BCUT2D eigenvalue weighted by molar-refractivity contribution is -0.140. The summed E-state index contributed by atoms with van der Waals surface area (Å²) in [4.78, 5) is 15.0. The molecule has 0 aliphatic heterocycles. The van der Waals surface area contributed by atoms with Crippen molar-refractivity contribution in [1.29, 1.82) is 0 Å². The van der Waals surface area contributed by atoms with Gasteiger partial charge >= 0.3 is 0 Å². The predicted molar refractivity (Wildman–Crippen MR) is 76.6 cm³/mol. The SMILES string of the molecule is CCN(C(=O)C1CC2CCC1C2)C1CCC(N)CC1. The molecular weight excluding hydrogens is 236 g/mol. The molecule has 3 fully saturated rings. The van der Waals surface area contributed by atoms with E-state index in [1.165, 1.54) is 25.7 Å². The highest BCUT2D eigenvalue weighted by atomic mass is 16.2. The number of carbonyl (C=O) groups is 1. The van der Waals surface area contributed by atoms with E-state index in [9.17, 15) is 4.79 Å². The molecule has 0 radical (unpaired) electrons. The Morgan fingerprint density at radius 2 is 1.84 bits per heavy atom. The van der Waals surface area contributed by atoms with Crippen LogP contribution in [0.3, 0.4) is 0 Å². The topological polar surface area (TPSA) is 46.3 Å². The first-order chi connectivity index (χ1) is 9.19. The first kappa shape index (κ1) is 13.4. The summed E-state index contributed by atoms with van der Waals surface area (Å²) in [6.07, 6.45) is 9.57. The van der Waals surface area contributed by atoms with Crippen LogP contribution in [0.1, 0.15) is 58.3 Å². The van der Waals surface area contributed by atoms with Crippen molar-refractivity contribution in [3.05, 3.63) is 0 Å². The van der Waals surface area contributed by atoms with E-state index in [-0.39, 0.29) is 0 Å². The number of hydrogen-bond acceptors (Lipinski definition) is 2. The number of amides is 1. The van der Waals surface area contributed by atoms with Crippen molar-refractivity contribution in [2.45, 2.75) is 70.4 Å². The molecule has 19 heavy (non-hydrogen) atoms. The molecule has 2 N–H and O–H groups in total. The Kier molecular flexibility index (Phi) is 3.84. The molecule has 3 aliphatic carbocycles. The molecule has 3 rings (SSSR count). The summed E-state index contributed by atoms with van der Waals surface area (Å²) >= 11 is 0. The van der Waals surface area contributed by atoms with E-state index < -0.39 is 0 Å². The number of carbonyl (C=O) groups excluding carboxylic acids is 1. The first-order valence-corrected chi connectivity index (χ1v) is 8.25. The van der Waals surface area contributed by atoms with Crippen molar-refractivity contribution in [1.82, 2.24) is 4.90 Å². The van der Waals surface area contributed by atoms with E-state index >= 15 is 0 Å². The van der Waals surface area contributed by atoms with Gasteiger partial charge in [0.15, 0.2) is 0 Å². The summed E-state index contributed by atoms with van der Waals surface area (Å²) in [7, 11) is 0. The Hall–Kier alpha value is -0.570. The van der Waals surface area contributed by atoms with Gasteiger partial charge in [0, 0.05) is 24.5 Å². The third-order valence-corrected chi connectivity index (χ3v) is 5.86. The minimum Gasteiger partial charge on any atom is -0.340 e. The van der Waals surface area contributed by atoms with Gasteiger partial charge in [-0.05, 0) is 63.7 Å². The van der Waals surface area contributed by atoms with Gasteiger partial charge in [0.25, 0.3) is 0 Å². The highest BCUT2D eigenvalue weighted by Crippen LogP contribution is 2.49. The van der Waals surface area contributed by atoms with Crippen molar-refractivity contribution in [3.63, 3.8) is 0 Å². The number of fused-ring (bicyclic) bond motifs is 2. The summed E-state index contributed by atoms with van der Waals surface area (Å²) < 4.78 is 0. The van der Waals surface area contributed by atoms with Crippen LogP contribution in [0.4, 0.5) is 0 Å². The second-order valence-electron chi connectivity index (χ2n) is 6.97. The maximum Gasteiger partial charge on any atom is 0.226 e. The smallest absolute Gasteiger partial charge is 0.226 e. The normalized spacial score (nSPS) is 41.5. The van der Waals surface area contributed by atoms with Gasteiger partial charge in [-0.2, -0.15) is 0 Å². The molecule has 1 amide bonds. The van der Waals surface area contributed by atoms with E-state index in [0.717, 1.165) is 38.1 Å². The van der Waals surface area contributed by atoms with Crippen LogP contribution in [0.25, 0.3) is 0 Å². The Balaban J connectivity index is 1.63. The molecule has 0 aromatic carbocycles. The highest BCUT2D eigenvalue weighted by molar-refractivity contribution is 5.80. The maximum atomic E-state index is 12.8. The van der Waals surface area contributed by atoms with Crippen LogP contribution in [0, 0.1) is 17.8 Å². The zero-order valence-corrected chi connectivity index (χ0v) is 12.2. The molecule has 3 aliphatic rings. The van der Waals surface area contributed by atoms with E-state index in [4.69, 9.17) is 5.73 Å². The number of nitrogens with two attached hydrogens (primary N) is 1. The van der Waals surface area contributed by atoms with Crippen molar-refractivity contribution >= 4 is 5.91 Å².